The molecule has 3 heterocycles. The molecule has 0 radical (unpaired) electrons. The predicted molar refractivity (Wildman–Crippen MR) is 105 cm³/mol. The van der Waals surface area contributed by atoms with Crippen LogP contribution in [0.4, 0.5) is 0 Å². The van der Waals surface area contributed by atoms with E-state index in [0.717, 1.165) is 0 Å². The number of carbonyl (C=O) groups excluding carboxylic acids is 5. The molecule has 0 aromatic carbocycles. The first-order valence-electron chi connectivity index (χ1n) is 10.5. The summed E-state index contributed by atoms with van der Waals surface area (Å²) in [6.07, 6.45) is 1.68. The summed E-state index contributed by atoms with van der Waals surface area (Å²) in [5.41, 5.74) is 0. The van der Waals surface area contributed by atoms with E-state index >= 15 is 0 Å². The van der Waals surface area contributed by atoms with Crippen molar-refractivity contribution in [3.8, 4) is 0 Å². The minimum absolute atomic E-state index is 0.0215. The Morgan fingerprint density at radius 1 is 1.00 bits per heavy atom. The Morgan fingerprint density at radius 2 is 1.73 bits per heavy atom. The average molecular weight is 422 g/mol. The Bertz CT molecular complexity index is 741. The molecule has 0 aromatic heterocycles. The molecule has 3 saturated heterocycles. The molecule has 0 aliphatic carbocycles. The summed E-state index contributed by atoms with van der Waals surface area (Å²) < 4.78 is 5.31. The molecule has 166 valence electrons. The van der Waals surface area contributed by atoms with Crippen LogP contribution in [0, 0.1) is 5.92 Å². The van der Waals surface area contributed by atoms with Crippen LogP contribution in [0.15, 0.2) is 0 Å². The van der Waals surface area contributed by atoms with E-state index in [-0.39, 0.29) is 43.2 Å². The van der Waals surface area contributed by atoms with Gasteiger partial charge < -0.3 is 24.8 Å². The first-order chi connectivity index (χ1) is 14.2. The fraction of sp³-hybridized carbons (Fsp3) is 0.750. The third-order valence-corrected chi connectivity index (χ3v) is 5.99. The van der Waals surface area contributed by atoms with Crippen LogP contribution in [-0.4, -0.2) is 95.7 Å². The maximum absolute atomic E-state index is 12.9. The Morgan fingerprint density at radius 3 is 2.47 bits per heavy atom. The molecule has 4 atom stereocenters. The second kappa shape index (κ2) is 9.01. The molecule has 10 heteroatoms. The molecule has 3 aliphatic rings. The van der Waals surface area contributed by atoms with Gasteiger partial charge in [-0.2, -0.15) is 0 Å². The van der Waals surface area contributed by atoms with Gasteiger partial charge in [0, 0.05) is 20.1 Å². The molecule has 0 bridgehead atoms. The number of ether oxygens (including phenoxy) is 1. The van der Waals surface area contributed by atoms with Crippen molar-refractivity contribution >= 4 is 29.6 Å². The van der Waals surface area contributed by atoms with Crippen LogP contribution in [0.2, 0.25) is 0 Å². The lowest BCUT2D eigenvalue weighted by Gasteiger charge is -2.30. The number of cyclic esters (lactones) is 1. The number of hydrogen-bond donors (Lipinski definition) is 1. The van der Waals surface area contributed by atoms with Crippen LogP contribution < -0.4 is 5.32 Å². The Hall–Kier alpha value is -2.65. The lowest BCUT2D eigenvalue weighted by atomic mass is 10.1. The monoisotopic (exact) mass is 422 g/mol. The molecule has 3 aliphatic heterocycles. The molecule has 3 fully saturated rings. The summed E-state index contributed by atoms with van der Waals surface area (Å²) >= 11 is 0. The van der Waals surface area contributed by atoms with Crippen molar-refractivity contribution in [1.29, 1.82) is 0 Å². The highest BCUT2D eigenvalue weighted by Crippen LogP contribution is 2.25. The number of likely N-dealkylation sites (N-methyl/N-ethyl adjacent to an activating group) is 1. The second-order valence-corrected chi connectivity index (χ2v) is 8.49. The van der Waals surface area contributed by atoms with Gasteiger partial charge in [-0.25, -0.2) is 4.79 Å². The van der Waals surface area contributed by atoms with Gasteiger partial charge in [-0.1, -0.05) is 6.92 Å². The summed E-state index contributed by atoms with van der Waals surface area (Å²) in [5, 5.41) is 2.62. The number of fused-ring (bicyclic) bond motifs is 2. The molecule has 4 unspecified atom stereocenters. The fourth-order valence-corrected chi connectivity index (χ4v) is 4.46. The number of esters is 1. The Kier molecular flexibility index (Phi) is 6.62. The summed E-state index contributed by atoms with van der Waals surface area (Å²) in [6.45, 7) is 4.06. The van der Waals surface area contributed by atoms with Crippen molar-refractivity contribution in [3.63, 3.8) is 0 Å². The van der Waals surface area contributed by atoms with E-state index in [1.807, 2.05) is 6.92 Å². The van der Waals surface area contributed by atoms with Crippen LogP contribution in [0.25, 0.3) is 0 Å². The second-order valence-electron chi connectivity index (χ2n) is 8.49. The van der Waals surface area contributed by atoms with E-state index in [1.54, 1.807) is 6.92 Å². The molecule has 10 nitrogen and oxygen atoms in total. The number of amides is 4. The van der Waals surface area contributed by atoms with Crippen molar-refractivity contribution in [2.75, 3.05) is 33.3 Å². The highest BCUT2D eigenvalue weighted by Gasteiger charge is 2.41. The van der Waals surface area contributed by atoms with Gasteiger partial charge >= 0.3 is 5.97 Å². The number of nitrogens with zero attached hydrogens (tertiary/aromatic N) is 3. The minimum Gasteiger partial charge on any atom is -0.464 e. The number of nitrogens with one attached hydrogen (secondary N) is 1. The van der Waals surface area contributed by atoms with E-state index in [2.05, 4.69) is 5.32 Å². The summed E-state index contributed by atoms with van der Waals surface area (Å²) in [6, 6.07) is -2.18. The van der Waals surface area contributed by atoms with Crippen LogP contribution >= 0.6 is 0 Å². The van der Waals surface area contributed by atoms with Crippen molar-refractivity contribution in [3.05, 3.63) is 0 Å². The lowest BCUT2D eigenvalue weighted by Crippen LogP contribution is -2.54. The number of carbonyl (C=O) groups is 5. The topological polar surface area (TPSA) is 116 Å². The quantitative estimate of drug-likeness (QED) is 0.507. The highest BCUT2D eigenvalue weighted by atomic mass is 16.5. The van der Waals surface area contributed by atoms with E-state index < -0.39 is 30.0 Å². The van der Waals surface area contributed by atoms with Gasteiger partial charge in [-0.05, 0) is 32.1 Å². The smallest absolute Gasteiger partial charge is 0.328 e. The van der Waals surface area contributed by atoms with Gasteiger partial charge in [0.1, 0.15) is 24.7 Å². The maximum Gasteiger partial charge on any atom is 0.328 e. The SMILES string of the molecule is CC1CC2C(=O)OCCC(=O)N3CCCC3C(=O)N(C)CC(=O)NC(C)C(=O)N2C1. The first-order valence-corrected chi connectivity index (χ1v) is 10.5. The van der Waals surface area contributed by atoms with E-state index in [1.165, 1.54) is 21.7 Å². The van der Waals surface area contributed by atoms with E-state index in [9.17, 15) is 24.0 Å². The van der Waals surface area contributed by atoms with Gasteiger partial charge in [0.25, 0.3) is 0 Å². The van der Waals surface area contributed by atoms with E-state index in [4.69, 9.17) is 4.74 Å². The molecule has 0 saturated carbocycles. The van der Waals surface area contributed by atoms with Gasteiger partial charge in [0.15, 0.2) is 0 Å². The average Bonchev–Trinajstić information content (AvgIpc) is 3.32. The number of hydrogen-bond acceptors (Lipinski definition) is 6. The van der Waals surface area contributed by atoms with Crippen molar-refractivity contribution < 1.29 is 28.7 Å². The molecular formula is C20H30N4O6. The molecule has 30 heavy (non-hydrogen) atoms. The molecular weight excluding hydrogens is 392 g/mol. The largest absolute Gasteiger partial charge is 0.464 e. The van der Waals surface area contributed by atoms with Crippen molar-refractivity contribution in [2.45, 2.75) is 57.7 Å². The molecule has 0 spiro atoms. The zero-order valence-corrected chi connectivity index (χ0v) is 17.8. The molecule has 4 amide bonds. The minimum atomic E-state index is -0.834. The van der Waals surface area contributed by atoms with E-state index in [0.29, 0.717) is 32.4 Å². The standard InChI is InChI=1S/C20H30N4O6/c1-12-9-15-20(29)30-8-6-17(26)23-7-4-5-14(23)19(28)22(3)11-16(25)21-13(2)18(27)24(15)10-12/h12-15H,4-11H2,1-3H3,(H,21,25). The van der Waals surface area contributed by atoms with Gasteiger partial charge in [-0.3, -0.25) is 19.2 Å². The van der Waals surface area contributed by atoms with Gasteiger partial charge in [0.2, 0.25) is 23.6 Å². The van der Waals surface area contributed by atoms with Gasteiger partial charge in [0.05, 0.1) is 13.0 Å². The first kappa shape index (κ1) is 22.0. The van der Waals surface area contributed by atoms with Crippen LogP contribution in [0.5, 0.6) is 0 Å². The maximum atomic E-state index is 12.9. The third kappa shape index (κ3) is 4.57. The summed E-state index contributed by atoms with van der Waals surface area (Å²) in [7, 11) is 1.51. The zero-order valence-electron chi connectivity index (χ0n) is 17.8. The van der Waals surface area contributed by atoms with Crippen LogP contribution in [-0.2, 0) is 28.7 Å². The predicted octanol–water partition coefficient (Wildman–Crippen LogP) is -0.876. The Labute approximate surface area is 175 Å². The number of rotatable bonds is 0. The highest BCUT2D eigenvalue weighted by molar-refractivity contribution is 5.94. The lowest BCUT2D eigenvalue weighted by molar-refractivity contribution is -0.155. The zero-order chi connectivity index (χ0) is 22.0. The molecule has 3 rings (SSSR count). The summed E-state index contributed by atoms with van der Waals surface area (Å²) in [5.74, 6) is -1.83. The Balaban J connectivity index is 1.81. The van der Waals surface area contributed by atoms with Crippen LogP contribution in [0.1, 0.15) is 39.5 Å². The van der Waals surface area contributed by atoms with Gasteiger partial charge in [-0.15, -0.1) is 0 Å². The fourth-order valence-electron chi connectivity index (χ4n) is 4.46. The molecule has 0 aromatic rings. The van der Waals surface area contributed by atoms with Crippen molar-refractivity contribution in [2.24, 2.45) is 5.92 Å². The molecule has 1 N–H and O–H groups in total. The normalized spacial score (nSPS) is 32.1. The summed E-state index contributed by atoms with van der Waals surface area (Å²) in [4.78, 5) is 67.5. The van der Waals surface area contributed by atoms with Crippen molar-refractivity contribution in [1.82, 2.24) is 20.0 Å². The van der Waals surface area contributed by atoms with Crippen LogP contribution in [0.3, 0.4) is 0 Å². The third-order valence-electron chi connectivity index (χ3n) is 5.99.